The van der Waals surface area contributed by atoms with Crippen LogP contribution in [0, 0.1) is 0 Å². The summed E-state index contributed by atoms with van der Waals surface area (Å²) in [6.45, 7) is 6.58. The van der Waals surface area contributed by atoms with Gasteiger partial charge in [-0.2, -0.15) is 0 Å². The monoisotopic (exact) mass is 855 g/mol. The molecule has 0 rings (SSSR count). The van der Waals surface area contributed by atoms with E-state index in [1.807, 2.05) is 0 Å². The number of hydrogen-bond donors (Lipinski definition) is 0. The van der Waals surface area contributed by atoms with Gasteiger partial charge in [-0.05, 0) is 70.6 Å². The quantitative estimate of drug-likeness (QED) is 0.0263. The Bertz CT molecular complexity index is 1070. The zero-order valence-electron chi connectivity index (χ0n) is 40.4. The number of carbonyl (C=O) groups is 3. The van der Waals surface area contributed by atoms with Gasteiger partial charge in [-0.3, -0.25) is 14.4 Å². The van der Waals surface area contributed by atoms with Crippen LogP contribution in [0.2, 0.25) is 0 Å². The third kappa shape index (κ3) is 48.3. The van der Waals surface area contributed by atoms with Crippen molar-refractivity contribution in [3.05, 3.63) is 48.6 Å². The molecule has 0 saturated carbocycles. The summed E-state index contributed by atoms with van der Waals surface area (Å²) in [7, 11) is 0. The lowest BCUT2D eigenvalue weighted by atomic mass is 10.1. The molecule has 0 aliphatic carbocycles. The first-order valence-corrected chi connectivity index (χ1v) is 26.2. The molecular formula is C55H98O6. The average molecular weight is 855 g/mol. The molecule has 0 aliphatic rings. The van der Waals surface area contributed by atoms with Crippen LogP contribution in [-0.2, 0) is 28.6 Å². The lowest BCUT2D eigenvalue weighted by molar-refractivity contribution is -0.167. The zero-order chi connectivity index (χ0) is 44.4. The van der Waals surface area contributed by atoms with Gasteiger partial charge >= 0.3 is 17.9 Å². The van der Waals surface area contributed by atoms with E-state index in [0.29, 0.717) is 19.3 Å². The molecule has 0 saturated heterocycles. The van der Waals surface area contributed by atoms with Crippen molar-refractivity contribution in [2.24, 2.45) is 0 Å². The Balaban J connectivity index is 4.37. The SMILES string of the molecule is CCCCC/C=C\C=C/CCCCCCCCC(=O)OC(COC(=O)CCCCCCC/C=C\C=C/CCCCCCCCC)COC(=O)CCCCCCCCCCCC. The summed E-state index contributed by atoms with van der Waals surface area (Å²) in [6, 6.07) is 0. The minimum atomic E-state index is -0.782. The molecule has 0 aromatic heterocycles. The van der Waals surface area contributed by atoms with E-state index in [1.165, 1.54) is 135 Å². The molecule has 1 atom stereocenters. The van der Waals surface area contributed by atoms with Crippen LogP contribution >= 0.6 is 0 Å². The van der Waals surface area contributed by atoms with E-state index < -0.39 is 6.10 Å². The topological polar surface area (TPSA) is 78.9 Å². The van der Waals surface area contributed by atoms with Gasteiger partial charge in [0.1, 0.15) is 13.2 Å². The summed E-state index contributed by atoms with van der Waals surface area (Å²) in [4.78, 5) is 37.9. The van der Waals surface area contributed by atoms with Crippen LogP contribution in [0.25, 0.3) is 0 Å². The van der Waals surface area contributed by atoms with Gasteiger partial charge in [0.2, 0.25) is 0 Å². The van der Waals surface area contributed by atoms with E-state index >= 15 is 0 Å². The molecule has 0 heterocycles. The van der Waals surface area contributed by atoms with Crippen LogP contribution in [0.3, 0.4) is 0 Å². The highest BCUT2D eigenvalue weighted by Crippen LogP contribution is 2.14. The number of rotatable bonds is 47. The van der Waals surface area contributed by atoms with Gasteiger partial charge < -0.3 is 14.2 Å². The lowest BCUT2D eigenvalue weighted by Crippen LogP contribution is -2.30. The van der Waals surface area contributed by atoms with Gasteiger partial charge in [0.25, 0.3) is 0 Å². The maximum atomic E-state index is 12.8. The number of allylic oxidation sites excluding steroid dienone is 8. The van der Waals surface area contributed by atoms with E-state index in [0.717, 1.165) is 89.9 Å². The predicted molar refractivity (Wildman–Crippen MR) is 261 cm³/mol. The third-order valence-electron chi connectivity index (χ3n) is 11.4. The van der Waals surface area contributed by atoms with Crippen LogP contribution in [0.15, 0.2) is 48.6 Å². The van der Waals surface area contributed by atoms with E-state index in [2.05, 4.69) is 69.4 Å². The molecule has 61 heavy (non-hydrogen) atoms. The van der Waals surface area contributed by atoms with Gasteiger partial charge in [0.15, 0.2) is 6.10 Å². The fraction of sp³-hybridized carbons (Fsp3) is 0.800. The molecule has 0 aromatic rings. The molecule has 0 radical (unpaired) electrons. The first-order chi connectivity index (χ1) is 30.0. The molecule has 354 valence electrons. The number of ether oxygens (including phenoxy) is 3. The first kappa shape index (κ1) is 58.4. The highest BCUT2D eigenvalue weighted by atomic mass is 16.6. The van der Waals surface area contributed by atoms with Gasteiger partial charge in [0.05, 0.1) is 0 Å². The van der Waals surface area contributed by atoms with E-state index in [4.69, 9.17) is 14.2 Å². The van der Waals surface area contributed by atoms with Gasteiger partial charge in [0, 0.05) is 19.3 Å². The van der Waals surface area contributed by atoms with Crippen LogP contribution in [0.5, 0.6) is 0 Å². The van der Waals surface area contributed by atoms with Gasteiger partial charge in [-0.15, -0.1) is 0 Å². The van der Waals surface area contributed by atoms with E-state index in [9.17, 15) is 14.4 Å². The average Bonchev–Trinajstić information content (AvgIpc) is 3.26. The smallest absolute Gasteiger partial charge is 0.306 e. The van der Waals surface area contributed by atoms with Crippen molar-refractivity contribution in [2.75, 3.05) is 13.2 Å². The molecule has 6 heteroatoms. The normalized spacial score (nSPS) is 12.4. The second kappa shape index (κ2) is 50.0. The third-order valence-corrected chi connectivity index (χ3v) is 11.4. The Kier molecular flexibility index (Phi) is 47.9. The summed E-state index contributed by atoms with van der Waals surface area (Å²) in [5, 5.41) is 0. The van der Waals surface area contributed by atoms with Crippen LogP contribution < -0.4 is 0 Å². The summed E-state index contributed by atoms with van der Waals surface area (Å²) in [5.74, 6) is -0.903. The van der Waals surface area contributed by atoms with Crippen LogP contribution in [0.1, 0.15) is 265 Å². The van der Waals surface area contributed by atoms with Crippen LogP contribution in [0.4, 0.5) is 0 Å². The molecule has 0 aliphatic heterocycles. The molecule has 0 N–H and O–H groups in total. The van der Waals surface area contributed by atoms with Crippen molar-refractivity contribution in [1.82, 2.24) is 0 Å². The summed E-state index contributed by atoms with van der Waals surface area (Å²) < 4.78 is 16.8. The lowest BCUT2D eigenvalue weighted by Gasteiger charge is -2.18. The van der Waals surface area contributed by atoms with Crippen LogP contribution in [-0.4, -0.2) is 37.2 Å². The van der Waals surface area contributed by atoms with E-state index in [-0.39, 0.29) is 31.1 Å². The predicted octanol–water partition coefficient (Wildman–Crippen LogP) is 17.1. The van der Waals surface area contributed by atoms with Crippen molar-refractivity contribution >= 4 is 17.9 Å². The Labute approximate surface area is 378 Å². The van der Waals surface area contributed by atoms with Crippen molar-refractivity contribution in [1.29, 1.82) is 0 Å². The van der Waals surface area contributed by atoms with Crippen molar-refractivity contribution < 1.29 is 28.6 Å². The number of esters is 3. The second-order valence-electron chi connectivity index (χ2n) is 17.5. The molecule has 0 fully saturated rings. The molecule has 1 unspecified atom stereocenters. The van der Waals surface area contributed by atoms with Gasteiger partial charge in [-0.1, -0.05) is 223 Å². The van der Waals surface area contributed by atoms with Crippen molar-refractivity contribution in [3.63, 3.8) is 0 Å². The minimum Gasteiger partial charge on any atom is -0.462 e. The largest absolute Gasteiger partial charge is 0.462 e. The molecular weight excluding hydrogens is 757 g/mol. The summed E-state index contributed by atoms with van der Waals surface area (Å²) in [5.41, 5.74) is 0. The standard InChI is InChI=1S/C55H98O6/c1-4-7-10-13-16-19-22-24-26-27-28-30-31-33-36-39-42-45-48-54(57)60-51-52(50-59-53(56)47-44-41-38-35-21-18-15-12-9-6-3)61-55(58)49-46-43-40-37-34-32-29-25-23-20-17-14-11-8-5-2/h17,20,23,25-28,30,52H,4-16,18-19,21-22,24,29,31-51H2,1-3H3/b20-17-,25-23-,27-26-,30-28-. The number of hydrogen-bond acceptors (Lipinski definition) is 6. The number of carbonyl (C=O) groups excluding carboxylic acids is 3. The summed E-state index contributed by atoms with van der Waals surface area (Å²) >= 11 is 0. The first-order valence-electron chi connectivity index (χ1n) is 26.2. The summed E-state index contributed by atoms with van der Waals surface area (Å²) in [6.07, 6.45) is 59.5. The Morgan fingerprint density at radius 3 is 0.902 bits per heavy atom. The maximum Gasteiger partial charge on any atom is 0.306 e. The highest BCUT2D eigenvalue weighted by Gasteiger charge is 2.19. The highest BCUT2D eigenvalue weighted by molar-refractivity contribution is 5.71. The molecule has 0 bridgehead atoms. The molecule has 0 spiro atoms. The van der Waals surface area contributed by atoms with Gasteiger partial charge in [-0.25, -0.2) is 0 Å². The van der Waals surface area contributed by atoms with Crippen molar-refractivity contribution in [2.45, 2.75) is 271 Å². The molecule has 0 aromatic carbocycles. The Hall–Kier alpha value is -2.63. The van der Waals surface area contributed by atoms with Crippen molar-refractivity contribution in [3.8, 4) is 0 Å². The second-order valence-corrected chi connectivity index (χ2v) is 17.5. The molecule has 6 nitrogen and oxygen atoms in total. The fourth-order valence-corrected chi connectivity index (χ4v) is 7.37. The Morgan fingerprint density at radius 2 is 0.574 bits per heavy atom. The number of unbranched alkanes of at least 4 members (excludes halogenated alkanes) is 30. The molecule has 0 amide bonds. The van der Waals surface area contributed by atoms with E-state index in [1.54, 1.807) is 0 Å². The fourth-order valence-electron chi connectivity index (χ4n) is 7.37. The maximum absolute atomic E-state index is 12.8. The minimum absolute atomic E-state index is 0.0812. The zero-order valence-corrected chi connectivity index (χ0v) is 40.4. The Morgan fingerprint density at radius 1 is 0.328 bits per heavy atom.